The van der Waals surface area contributed by atoms with Gasteiger partial charge in [-0.15, -0.1) is 0 Å². The summed E-state index contributed by atoms with van der Waals surface area (Å²) in [5.74, 6) is -0.115. The number of rotatable bonds is 7. The maximum Gasteiger partial charge on any atom is 0.258 e. The lowest BCUT2D eigenvalue weighted by molar-refractivity contribution is 0.0992. The molecule has 3 aromatic rings. The summed E-state index contributed by atoms with van der Waals surface area (Å²) in [5, 5.41) is 0. The molecule has 0 fully saturated rings. The minimum atomic E-state index is -3.90. The summed E-state index contributed by atoms with van der Waals surface area (Å²) in [6.07, 6.45) is 0. The molecule has 32 heavy (non-hydrogen) atoms. The molecule has 0 heterocycles. The molecule has 3 rings (SSSR count). The largest absolute Gasteiger partial charge is 0.495 e. The van der Waals surface area contributed by atoms with Gasteiger partial charge >= 0.3 is 0 Å². The fourth-order valence-electron chi connectivity index (χ4n) is 3.56. The van der Waals surface area contributed by atoms with Gasteiger partial charge in [-0.1, -0.05) is 36.4 Å². The number of hydrogen-bond donors (Lipinski definition) is 0. The Morgan fingerprint density at radius 2 is 1.53 bits per heavy atom. The van der Waals surface area contributed by atoms with Crippen LogP contribution in [0.5, 0.6) is 5.75 Å². The molecule has 7 heteroatoms. The fourth-order valence-corrected chi connectivity index (χ4v) is 4.90. The van der Waals surface area contributed by atoms with Crippen LogP contribution in [-0.2, 0) is 16.6 Å². The van der Waals surface area contributed by atoms with Crippen LogP contribution in [0.1, 0.15) is 27.0 Å². The molecule has 0 spiro atoms. The summed E-state index contributed by atoms with van der Waals surface area (Å²) in [5.41, 5.74) is 3.95. The first-order valence-corrected chi connectivity index (χ1v) is 11.6. The Bertz CT molecular complexity index is 1200. The molecule has 6 nitrogen and oxygen atoms in total. The average Bonchev–Trinajstić information content (AvgIpc) is 2.77. The number of aryl methyl sites for hydroxylation is 2. The van der Waals surface area contributed by atoms with E-state index in [1.807, 2.05) is 62.4 Å². The Balaban J connectivity index is 1.96. The number of methoxy groups -OCH3 is 1. The Morgan fingerprint density at radius 3 is 2.12 bits per heavy atom. The second kappa shape index (κ2) is 9.54. The number of ether oxygens (including phenoxy) is 1. The van der Waals surface area contributed by atoms with Gasteiger partial charge in [0.2, 0.25) is 10.0 Å². The van der Waals surface area contributed by atoms with Gasteiger partial charge in [0.25, 0.3) is 5.91 Å². The van der Waals surface area contributed by atoms with E-state index in [2.05, 4.69) is 0 Å². The SMILES string of the molecule is COc1ccc(C(=O)N(C)c2cc(C)cc(C)c2)cc1S(=O)(=O)N(C)Cc1ccccc1. The van der Waals surface area contributed by atoms with Gasteiger partial charge in [-0.2, -0.15) is 4.31 Å². The summed E-state index contributed by atoms with van der Waals surface area (Å²) in [4.78, 5) is 14.7. The summed E-state index contributed by atoms with van der Waals surface area (Å²) in [6, 6.07) is 19.7. The standard InChI is InChI=1S/C25H28N2O4S/c1-18-13-19(2)15-22(14-18)27(4)25(28)21-11-12-23(31-5)24(16-21)32(29,30)26(3)17-20-9-7-6-8-10-20/h6-16H,17H2,1-5H3. The van der Waals surface area contributed by atoms with E-state index in [9.17, 15) is 13.2 Å². The molecular weight excluding hydrogens is 424 g/mol. The normalized spacial score (nSPS) is 11.4. The van der Waals surface area contributed by atoms with Crippen molar-refractivity contribution in [3.63, 3.8) is 0 Å². The highest BCUT2D eigenvalue weighted by molar-refractivity contribution is 7.89. The number of carbonyl (C=O) groups excluding carboxylic acids is 1. The molecule has 0 radical (unpaired) electrons. The number of hydrogen-bond acceptors (Lipinski definition) is 4. The minimum absolute atomic E-state index is 0.0434. The summed E-state index contributed by atoms with van der Waals surface area (Å²) in [7, 11) is 0.698. The summed E-state index contributed by atoms with van der Waals surface area (Å²) < 4.78 is 33.2. The predicted octanol–water partition coefficient (Wildman–Crippen LogP) is 4.41. The highest BCUT2D eigenvalue weighted by atomic mass is 32.2. The molecule has 168 valence electrons. The first-order valence-electron chi connectivity index (χ1n) is 10.2. The van der Waals surface area contributed by atoms with E-state index in [1.54, 1.807) is 13.1 Å². The number of benzene rings is 3. The van der Waals surface area contributed by atoms with Gasteiger partial charge in [0.1, 0.15) is 10.6 Å². The van der Waals surface area contributed by atoms with E-state index in [1.165, 1.54) is 35.5 Å². The molecule has 0 aliphatic heterocycles. The van der Waals surface area contributed by atoms with E-state index in [0.717, 1.165) is 22.4 Å². The van der Waals surface area contributed by atoms with Crippen molar-refractivity contribution in [2.24, 2.45) is 0 Å². The lowest BCUT2D eigenvalue weighted by Gasteiger charge is -2.21. The molecule has 0 aliphatic carbocycles. The van der Waals surface area contributed by atoms with Crippen LogP contribution >= 0.6 is 0 Å². The van der Waals surface area contributed by atoms with Gasteiger partial charge in [0.05, 0.1) is 7.11 Å². The van der Waals surface area contributed by atoms with Crippen LogP contribution in [0.25, 0.3) is 0 Å². The third-order valence-corrected chi connectivity index (χ3v) is 7.07. The molecule has 0 saturated carbocycles. The number of amides is 1. The van der Waals surface area contributed by atoms with Crippen molar-refractivity contribution < 1.29 is 17.9 Å². The minimum Gasteiger partial charge on any atom is -0.495 e. The Labute approximate surface area is 190 Å². The first kappa shape index (κ1) is 23.5. The number of nitrogens with zero attached hydrogens (tertiary/aromatic N) is 2. The van der Waals surface area contributed by atoms with Crippen molar-refractivity contribution in [1.82, 2.24) is 4.31 Å². The Kier molecular flexibility index (Phi) is 7.01. The summed E-state index contributed by atoms with van der Waals surface area (Å²) in [6.45, 7) is 4.14. The average molecular weight is 453 g/mol. The predicted molar refractivity (Wildman–Crippen MR) is 127 cm³/mol. The van der Waals surface area contributed by atoms with Crippen molar-refractivity contribution >= 4 is 21.6 Å². The Morgan fingerprint density at radius 1 is 0.906 bits per heavy atom. The maximum atomic E-state index is 13.3. The van der Waals surface area contributed by atoms with Gasteiger partial charge in [0, 0.05) is 31.9 Å². The lowest BCUT2D eigenvalue weighted by atomic mass is 10.1. The third kappa shape index (κ3) is 5.00. The topological polar surface area (TPSA) is 66.9 Å². The van der Waals surface area contributed by atoms with Gasteiger partial charge in [0.15, 0.2) is 0 Å². The molecule has 0 atom stereocenters. The molecule has 1 amide bonds. The maximum absolute atomic E-state index is 13.3. The second-order valence-electron chi connectivity index (χ2n) is 7.82. The van der Waals surface area contributed by atoms with Gasteiger partial charge in [-0.3, -0.25) is 4.79 Å². The number of anilines is 1. The van der Waals surface area contributed by atoms with E-state index in [-0.39, 0.29) is 28.7 Å². The van der Waals surface area contributed by atoms with Crippen molar-refractivity contribution in [2.45, 2.75) is 25.3 Å². The van der Waals surface area contributed by atoms with E-state index >= 15 is 0 Å². The van der Waals surface area contributed by atoms with Crippen molar-refractivity contribution in [3.8, 4) is 5.75 Å². The molecule has 0 bridgehead atoms. The molecular formula is C25H28N2O4S. The zero-order valence-electron chi connectivity index (χ0n) is 19.0. The van der Waals surface area contributed by atoms with Crippen molar-refractivity contribution in [1.29, 1.82) is 0 Å². The molecule has 0 aromatic heterocycles. The van der Waals surface area contributed by atoms with Crippen LogP contribution in [-0.4, -0.2) is 39.8 Å². The van der Waals surface area contributed by atoms with E-state index < -0.39 is 10.0 Å². The lowest BCUT2D eigenvalue weighted by Crippen LogP contribution is -2.29. The smallest absolute Gasteiger partial charge is 0.258 e. The number of sulfonamides is 1. The summed E-state index contributed by atoms with van der Waals surface area (Å²) >= 11 is 0. The molecule has 0 N–H and O–H groups in total. The van der Waals surface area contributed by atoms with Crippen LogP contribution in [0.4, 0.5) is 5.69 Å². The Hall–Kier alpha value is -3.16. The van der Waals surface area contributed by atoms with Crippen LogP contribution in [0.3, 0.4) is 0 Å². The molecule has 0 unspecified atom stereocenters. The van der Waals surface area contributed by atoms with E-state index in [4.69, 9.17) is 4.74 Å². The highest BCUT2D eigenvalue weighted by Crippen LogP contribution is 2.29. The quantitative estimate of drug-likeness (QED) is 0.533. The van der Waals surface area contributed by atoms with Crippen molar-refractivity contribution in [3.05, 3.63) is 89.0 Å². The van der Waals surface area contributed by atoms with E-state index in [0.29, 0.717) is 0 Å². The monoisotopic (exact) mass is 452 g/mol. The fraction of sp³-hybridized carbons (Fsp3) is 0.240. The second-order valence-corrected chi connectivity index (χ2v) is 9.84. The highest BCUT2D eigenvalue weighted by Gasteiger charge is 2.27. The zero-order chi connectivity index (χ0) is 23.5. The van der Waals surface area contributed by atoms with Gasteiger partial charge in [-0.05, 0) is 60.9 Å². The first-order chi connectivity index (χ1) is 15.1. The van der Waals surface area contributed by atoms with Gasteiger partial charge < -0.3 is 9.64 Å². The van der Waals surface area contributed by atoms with Crippen LogP contribution in [0.2, 0.25) is 0 Å². The molecule has 0 aliphatic rings. The van der Waals surface area contributed by atoms with Crippen molar-refractivity contribution in [2.75, 3.05) is 26.1 Å². The van der Waals surface area contributed by atoms with Crippen LogP contribution < -0.4 is 9.64 Å². The molecule has 3 aromatic carbocycles. The zero-order valence-corrected chi connectivity index (χ0v) is 19.8. The molecule has 0 saturated heterocycles. The van der Waals surface area contributed by atoms with Crippen LogP contribution in [0.15, 0.2) is 71.6 Å². The third-order valence-electron chi connectivity index (χ3n) is 5.25. The number of carbonyl (C=O) groups is 1. The van der Waals surface area contributed by atoms with Crippen LogP contribution in [0, 0.1) is 13.8 Å². The van der Waals surface area contributed by atoms with Gasteiger partial charge in [-0.25, -0.2) is 8.42 Å².